The number of thiophene rings is 1. The van der Waals surface area contributed by atoms with E-state index in [0.29, 0.717) is 23.7 Å². The number of aromatic nitrogens is 1. The van der Waals surface area contributed by atoms with Crippen molar-refractivity contribution in [3.05, 3.63) is 59.2 Å². The maximum absolute atomic E-state index is 12.0. The smallest absolute Gasteiger partial charge is 0.348 e. The molecular weight excluding hydrogens is 338 g/mol. The van der Waals surface area contributed by atoms with Gasteiger partial charge in [0.25, 0.3) is 0 Å². The predicted octanol–water partition coefficient (Wildman–Crippen LogP) is 3.79. The van der Waals surface area contributed by atoms with Crippen LogP contribution in [0, 0.1) is 0 Å². The van der Waals surface area contributed by atoms with Gasteiger partial charge in [0.2, 0.25) is 0 Å². The third-order valence-corrected chi connectivity index (χ3v) is 4.52. The van der Waals surface area contributed by atoms with Crippen LogP contribution in [0.1, 0.15) is 22.2 Å². The van der Waals surface area contributed by atoms with Crippen LogP contribution in [0.3, 0.4) is 0 Å². The molecule has 0 spiro atoms. The summed E-state index contributed by atoms with van der Waals surface area (Å²) >= 11 is 1.37. The Morgan fingerprint density at radius 2 is 2.12 bits per heavy atom. The quantitative estimate of drug-likeness (QED) is 0.682. The number of anilines is 1. The molecule has 128 valence electrons. The first kappa shape index (κ1) is 16.9. The van der Waals surface area contributed by atoms with Crippen molar-refractivity contribution in [2.75, 3.05) is 11.9 Å². The lowest BCUT2D eigenvalue weighted by Gasteiger charge is -2.07. The van der Waals surface area contributed by atoms with E-state index in [1.165, 1.54) is 11.3 Å². The van der Waals surface area contributed by atoms with E-state index in [-0.39, 0.29) is 12.0 Å². The Morgan fingerprint density at radius 1 is 1.24 bits per heavy atom. The van der Waals surface area contributed by atoms with Crippen LogP contribution in [0.5, 0.6) is 0 Å². The topological polar surface area (TPSA) is 80.3 Å². The molecule has 0 aliphatic rings. The van der Waals surface area contributed by atoms with Gasteiger partial charge in [-0.1, -0.05) is 6.07 Å². The Bertz CT molecular complexity index is 893. The van der Waals surface area contributed by atoms with E-state index in [1.807, 2.05) is 24.3 Å². The highest BCUT2D eigenvalue weighted by Gasteiger charge is 2.12. The molecule has 25 heavy (non-hydrogen) atoms. The average Bonchev–Trinajstić information content (AvgIpc) is 3.04. The Kier molecular flexibility index (Phi) is 5.25. The van der Waals surface area contributed by atoms with E-state index in [0.717, 1.165) is 15.6 Å². The van der Waals surface area contributed by atoms with Crippen LogP contribution in [-0.4, -0.2) is 23.6 Å². The number of carbonyl (C=O) groups is 2. The predicted molar refractivity (Wildman–Crippen MR) is 97.9 cm³/mol. The minimum Gasteiger partial charge on any atom is -0.462 e. The number of pyridine rings is 1. The van der Waals surface area contributed by atoms with Crippen molar-refractivity contribution in [2.24, 2.45) is 0 Å². The number of ether oxygens (including phenoxy) is 1. The summed E-state index contributed by atoms with van der Waals surface area (Å²) in [5.41, 5.74) is 1.58. The molecule has 0 saturated carbocycles. The fourth-order valence-electron chi connectivity index (χ4n) is 2.28. The molecule has 0 fully saturated rings. The van der Waals surface area contributed by atoms with E-state index >= 15 is 0 Å². The third-order valence-electron chi connectivity index (χ3n) is 3.43. The number of rotatable bonds is 5. The molecule has 3 rings (SSSR count). The molecule has 0 radical (unpaired) electrons. The molecule has 7 heteroatoms. The highest BCUT2D eigenvalue weighted by Crippen LogP contribution is 2.28. The SMILES string of the molecule is CCOC(=O)c1cc2cc(NC(=O)NCc3cccnc3)ccc2s1. The average molecular weight is 355 g/mol. The largest absolute Gasteiger partial charge is 0.462 e. The number of urea groups is 1. The lowest BCUT2D eigenvalue weighted by atomic mass is 10.2. The number of carbonyl (C=O) groups excluding carboxylic acids is 2. The zero-order valence-corrected chi connectivity index (χ0v) is 14.4. The Morgan fingerprint density at radius 3 is 2.88 bits per heavy atom. The maximum Gasteiger partial charge on any atom is 0.348 e. The van der Waals surface area contributed by atoms with E-state index in [4.69, 9.17) is 4.74 Å². The molecule has 0 bridgehead atoms. The number of benzene rings is 1. The fourth-order valence-corrected chi connectivity index (χ4v) is 3.22. The van der Waals surface area contributed by atoms with Crippen LogP contribution in [0.4, 0.5) is 10.5 Å². The van der Waals surface area contributed by atoms with Gasteiger partial charge in [-0.15, -0.1) is 11.3 Å². The molecular formula is C18H17N3O3S. The number of amides is 2. The van der Waals surface area contributed by atoms with Crippen LogP contribution < -0.4 is 10.6 Å². The summed E-state index contributed by atoms with van der Waals surface area (Å²) in [4.78, 5) is 28.4. The molecule has 2 aromatic heterocycles. The van der Waals surface area contributed by atoms with Gasteiger partial charge in [-0.2, -0.15) is 0 Å². The first-order chi connectivity index (χ1) is 12.2. The van der Waals surface area contributed by atoms with Crippen molar-refractivity contribution >= 4 is 39.1 Å². The monoisotopic (exact) mass is 355 g/mol. The summed E-state index contributed by atoms with van der Waals surface area (Å²) in [6.07, 6.45) is 3.39. The van der Waals surface area contributed by atoms with Crippen molar-refractivity contribution in [1.29, 1.82) is 0 Å². The summed E-state index contributed by atoms with van der Waals surface area (Å²) in [7, 11) is 0. The summed E-state index contributed by atoms with van der Waals surface area (Å²) in [6, 6.07) is 10.7. The molecule has 0 aliphatic carbocycles. The van der Waals surface area contributed by atoms with Crippen molar-refractivity contribution < 1.29 is 14.3 Å². The molecule has 0 unspecified atom stereocenters. The maximum atomic E-state index is 12.0. The molecule has 2 heterocycles. The number of hydrogen-bond donors (Lipinski definition) is 2. The zero-order chi connectivity index (χ0) is 17.6. The van der Waals surface area contributed by atoms with Gasteiger partial charge in [0.05, 0.1) is 6.61 Å². The molecule has 0 saturated heterocycles. The van der Waals surface area contributed by atoms with Crippen molar-refractivity contribution in [1.82, 2.24) is 10.3 Å². The van der Waals surface area contributed by atoms with E-state index in [9.17, 15) is 9.59 Å². The van der Waals surface area contributed by atoms with E-state index < -0.39 is 0 Å². The minimum atomic E-state index is -0.326. The van der Waals surface area contributed by atoms with Gasteiger partial charge in [-0.25, -0.2) is 9.59 Å². The Labute approximate surface area is 148 Å². The van der Waals surface area contributed by atoms with Gasteiger partial charge >= 0.3 is 12.0 Å². The third kappa shape index (κ3) is 4.33. The van der Waals surface area contributed by atoms with Gasteiger partial charge in [0.1, 0.15) is 4.88 Å². The van der Waals surface area contributed by atoms with Gasteiger partial charge in [0.15, 0.2) is 0 Å². The molecule has 0 atom stereocenters. The zero-order valence-electron chi connectivity index (χ0n) is 13.6. The molecule has 3 aromatic rings. The number of fused-ring (bicyclic) bond motifs is 1. The Balaban J connectivity index is 1.65. The van der Waals surface area contributed by atoms with Crippen molar-refractivity contribution in [2.45, 2.75) is 13.5 Å². The highest BCUT2D eigenvalue weighted by atomic mass is 32.1. The summed E-state index contributed by atoms with van der Waals surface area (Å²) in [5, 5.41) is 6.45. The van der Waals surface area contributed by atoms with Crippen molar-refractivity contribution in [3.8, 4) is 0 Å². The standard InChI is InChI=1S/C18H17N3O3S/c1-2-24-17(22)16-9-13-8-14(5-6-15(13)25-16)21-18(23)20-11-12-4-3-7-19-10-12/h3-10H,2,11H2,1H3,(H2,20,21,23). The summed E-state index contributed by atoms with van der Waals surface area (Å²) in [6.45, 7) is 2.52. The molecule has 6 nitrogen and oxygen atoms in total. The summed E-state index contributed by atoms with van der Waals surface area (Å²) < 4.78 is 5.98. The highest BCUT2D eigenvalue weighted by molar-refractivity contribution is 7.20. The normalized spacial score (nSPS) is 10.4. The first-order valence-corrected chi connectivity index (χ1v) is 8.62. The van der Waals surface area contributed by atoms with Gasteiger partial charge < -0.3 is 15.4 Å². The fraction of sp³-hybridized carbons (Fsp3) is 0.167. The summed E-state index contributed by atoms with van der Waals surface area (Å²) in [5.74, 6) is -0.326. The minimum absolute atomic E-state index is 0.302. The number of nitrogens with one attached hydrogen (secondary N) is 2. The van der Waals surface area contributed by atoms with Crippen molar-refractivity contribution in [3.63, 3.8) is 0 Å². The first-order valence-electron chi connectivity index (χ1n) is 7.80. The number of nitrogens with zero attached hydrogens (tertiary/aromatic N) is 1. The van der Waals surface area contributed by atoms with E-state index in [1.54, 1.807) is 31.5 Å². The second-order valence-corrected chi connectivity index (χ2v) is 6.34. The Hall–Kier alpha value is -2.93. The lowest BCUT2D eigenvalue weighted by molar-refractivity contribution is 0.0532. The van der Waals surface area contributed by atoms with Gasteiger partial charge in [-0.3, -0.25) is 4.98 Å². The number of hydrogen-bond acceptors (Lipinski definition) is 5. The van der Waals surface area contributed by atoms with Gasteiger partial charge in [0, 0.05) is 29.3 Å². The molecule has 1 aromatic carbocycles. The molecule has 2 amide bonds. The van der Waals surface area contributed by atoms with Gasteiger partial charge in [-0.05, 0) is 48.2 Å². The second-order valence-electron chi connectivity index (χ2n) is 5.25. The van der Waals surface area contributed by atoms with Crippen LogP contribution >= 0.6 is 11.3 Å². The molecule has 2 N–H and O–H groups in total. The number of esters is 1. The van der Waals surface area contributed by atoms with Crippen LogP contribution in [0.25, 0.3) is 10.1 Å². The molecule has 0 aliphatic heterocycles. The van der Waals surface area contributed by atoms with Crippen LogP contribution in [-0.2, 0) is 11.3 Å². The van der Waals surface area contributed by atoms with E-state index in [2.05, 4.69) is 15.6 Å². The lowest BCUT2D eigenvalue weighted by Crippen LogP contribution is -2.28. The van der Waals surface area contributed by atoms with Crippen LogP contribution in [0.2, 0.25) is 0 Å². The second kappa shape index (κ2) is 7.76. The van der Waals surface area contributed by atoms with Crippen LogP contribution in [0.15, 0.2) is 48.8 Å².